The Labute approximate surface area is 161 Å². The maximum absolute atomic E-state index is 6.49. The second-order valence-electron chi connectivity index (χ2n) is 6.41. The number of ether oxygens (including phenoxy) is 2. The van der Waals surface area contributed by atoms with Gasteiger partial charge in [0.25, 0.3) is 0 Å². The lowest BCUT2D eigenvalue weighted by Crippen LogP contribution is -2.45. The predicted octanol–water partition coefficient (Wildman–Crippen LogP) is 2.30. The molecule has 0 aliphatic carbocycles. The van der Waals surface area contributed by atoms with Gasteiger partial charge in [0.05, 0.1) is 32.4 Å². The summed E-state index contributed by atoms with van der Waals surface area (Å²) in [4.78, 5) is 7.23. The van der Waals surface area contributed by atoms with Gasteiger partial charge in [0, 0.05) is 37.8 Å². The molecule has 2 N–H and O–H groups in total. The van der Waals surface area contributed by atoms with E-state index in [1.807, 2.05) is 18.2 Å². The molecule has 1 saturated heterocycles. The van der Waals surface area contributed by atoms with Crippen LogP contribution in [0.15, 0.2) is 29.3 Å². The van der Waals surface area contributed by atoms with Crippen LogP contribution >= 0.6 is 11.6 Å². The van der Waals surface area contributed by atoms with Crippen LogP contribution in [0.1, 0.15) is 25.5 Å². The molecule has 0 saturated carbocycles. The molecule has 0 bridgehead atoms. The van der Waals surface area contributed by atoms with Crippen molar-refractivity contribution in [3.05, 3.63) is 34.9 Å². The van der Waals surface area contributed by atoms with Crippen LogP contribution in [0.5, 0.6) is 0 Å². The summed E-state index contributed by atoms with van der Waals surface area (Å²) in [6.45, 7) is 9.45. The monoisotopic (exact) mass is 382 g/mol. The first-order chi connectivity index (χ1) is 12.7. The summed E-state index contributed by atoms with van der Waals surface area (Å²) in [6, 6.07) is 8.33. The topological polar surface area (TPSA) is 58.1 Å². The molecule has 1 heterocycles. The van der Waals surface area contributed by atoms with Gasteiger partial charge in [-0.15, -0.1) is 0 Å². The number of nitrogens with one attached hydrogen (secondary N) is 2. The van der Waals surface area contributed by atoms with Crippen molar-refractivity contribution in [2.45, 2.75) is 25.9 Å². The Morgan fingerprint density at radius 3 is 2.73 bits per heavy atom. The molecule has 6 nitrogen and oxygen atoms in total. The van der Waals surface area contributed by atoms with Gasteiger partial charge in [-0.25, -0.2) is 0 Å². The van der Waals surface area contributed by atoms with E-state index in [1.54, 1.807) is 7.11 Å². The largest absolute Gasteiger partial charge is 0.383 e. The van der Waals surface area contributed by atoms with E-state index in [2.05, 4.69) is 35.4 Å². The van der Waals surface area contributed by atoms with E-state index in [1.165, 1.54) is 0 Å². The lowest BCUT2D eigenvalue weighted by Gasteiger charge is -2.34. The SMILES string of the molecule is CCNC(=NCC(c1ccccc1Cl)N1CCOCC1)NC(C)COC. The molecule has 1 aliphatic heterocycles. The van der Waals surface area contributed by atoms with E-state index in [0.717, 1.165) is 49.4 Å². The van der Waals surface area contributed by atoms with Crippen LogP contribution in [0.4, 0.5) is 0 Å². The lowest BCUT2D eigenvalue weighted by molar-refractivity contribution is 0.0180. The van der Waals surface area contributed by atoms with E-state index in [4.69, 9.17) is 26.1 Å². The molecule has 2 unspecified atom stereocenters. The molecule has 0 aromatic heterocycles. The fourth-order valence-electron chi connectivity index (χ4n) is 3.07. The van der Waals surface area contributed by atoms with Crippen LogP contribution in [-0.2, 0) is 9.47 Å². The average molecular weight is 383 g/mol. The fraction of sp³-hybridized carbons (Fsp3) is 0.632. The number of aliphatic imine (C=N–C) groups is 1. The van der Waals surface area contributed by atoms with Crippen molar-refractivity contribution in [3.63, 3.8) is 0 Å². The number of hydrogen-bond donors (Lipinski definition) is 2. The number of morpholine rings is 1. The van der Waals surface area contributed by atoms with Gasteiger partial charge in [-0.05, 0) is 25.5 Å². The minimum absolute atomic E-state index is 0.126. The van der Waals surface area contributed by atoms with Crippen LogP contribution in [-0.4, -0.2) is 70.0 Å². The molecule has 0 amide bonds. The Balaban J connectivity index is 2.17. The van der Waals surface area contributed by atoms with E-state index in [9.17, 15) is 0 Å². The van der Waals surface area contributed by atoms with E-state index in [-0.39, 0.29) is 12.1 Å². The number of rotatable bonds is 8. The zero-order chi connectivity index (χ0) is 18.8. The summed E-state index contributed by atoms with van der Waals surface area (Å²) in [5.41, 5.74) is 1.11. The molecule has 26 heavy (non-hydrogen) atoms. The molecule has 2 atom stereocenters. The number of hydrogen-bond acceptors (Lipinski definition) is 4. The predicted molar refractivity (Wildman–Crippen MR) is 107 cm³/mol. The Bertz CT molecular complexity index is 564. The van der Waals surface area contributed by atoms with Crippen molar-refractivity contribution in [1.82, 2.24) is 15.5 Å². The molecule has 1 aromatic rings. The first-order valence-corrected chi connectivity index (χ1v) is 9.63. The Hall–Kier alpha value is -1.34. The number of methoxy groups -OCH3 is 1. The summed E-state index contributed by atoms with van der Waals surface area (Å²) in [5, 5.41) is 7.47. The summed E-state index contributed by atoms with van der Waals surface area (Å²) < 4.78 is 10.7. The van der Waals surface area contributed by atoms with Crippen molar-refractivity contribution in [2.24, 2.45) is 4.99 Å². The number of guanidine groups is 1. The van der Waals surface area contributed by atoms with Gasteiger partial charge in [0.1, 0.15) is 0 Å². The smallest absolute Gasteiger partial charge is 0.191 e. The first-order valence-electron chi connectivity index (χ1n) is 9.25. The average Bonchev–Trinajstić information content (AvgIpc) is 2.64. The van der Waals surface area contributed by atoms with Gasteiger partial charge < -0.3 is 20.1 Å². The van der Waals surface area contributed by atoms with Crippen LogP contribution in [0, 0.1) is 0 Å². The highest BCUT2D eigenvalue weighted by Crippen LogP contribution is 2.28. The highest BCUT2D eigenvalue weighted by molar-refractivity contribution is 6.31. The second kappa shape index (κ2) is 11.4. The van der Waals surface area contributed by atoms with Crippen molar-refractivity contribution >= 4 is 17.6 Å². The second-order valence-corrected chi connectivity index (χ2v) is 6.81. The van der Waals surface area contributed by atoms with Gasteiger partial charge in [-0.1, -0.05) is 29.8 Å². The molecule has 1 aromatic carbocycles. The van der Waals surface area contributed by atoms with Crippen molar-refractivity contribution in [1.29, 1.82) is 0 Å². The third-order valence-electron chi connectivity index (χ3n) is 4.32. The van der Waals surface area contributed by atoms with Crippen molar-refractivity contribution in [2.75, 3.05) is 53.1 Å². The van der Waals surface area contributed by atoms with E-state index in [0.29, 0.717) is 13.2 Å². The molecule has 0 radical (unpaired) electrons. The summed E-state index contributed by atoms with van der Waals surface area (Å²) in [7, 11) is 1.70. The Morgan fingerprint density at radius 2 is 2.08 bits per heavy atom. The molecular weight excluding hydrogens is 352 g/mol. The van der Waals surface area contributed by atoms with Gasteiger partial charge in [0.2, 0.25) is 0 Å². The van der Waals surface area contributed by atoms with Crippen LogP contribution < -0.4 is 10.6 Å². The first kappa shape index (κ1) is 21.0. The maximum atomic E-state index is 6.49. The molecule has 1 aliphatic rings. The van der Waals surface area contributed by atoms with E-state index < -0.39 is 0 Å². The van der Waals surface area contributed by atoms with Gasteiger partial charge >= 0.3 is 0 Å². The summed E-state index contributed by atoms with van der Waals surface area (Å²) in [5.74, 6) is 0.794. The van der Waals surface area contributed by atoms with Crippen molar-refractivity contribution in [3.8, 4) is 0 Å². The zero-order valence-corrected chi connectivity index (χ0v) is 16.8. The van der Waals surface area contributed by atoms with Crippen molar-refractivity contribution < 1.29 is 9.47 Å². The highest BCUT2D eigenvalue weighted by atomic mass is 35.5. The number of halogens is 1. The number of nitrogens with zero attached hydrogens (tertiary/aromatic N) is 2. The number of benzene rings is 1. The third kappa shape index (κ3) is 6.43. The molecule has 2 rings (SSSR count). The molecular formula is C19H31ClN4O2. The Kier molecular flexibility index (Phi) is 9.18. The lowest BCUT2D eigenvalue weighted by atomic mass is 10.0. The summed E-state index contributed by atoms with van der Waals surface area (Å²) >= 11 is 6.49. The molecule has 0 spiro atoms. The third-order valence-corrected chi connectivity index (χ3v) is 4.66. The summed E-state index contributed by atoms with van der Waals surface area (Å²) in [6.07, 6.45) is 0. The van der Waals surface area contributed by atoms with Crippen LogP contribution in [0.2, 0.25) is 5.02 Å². The zero-order valence-electron chi connectivity index (χ0n) is 16.0. The normalized spacial score (nSPS) is 18.4. The quantitative estimate of drug-likeness (QED) is 0.533. The fourth-order valence-corrected chi connectivity index (χ4v) is 3.33. The molecule has 7 heteroatoms. The minimum Gasteiger partial charge on any atom is -0.383 e. The van der Waals surface area contributed by atoms with Gasteiger partial charge in [-0.2, -0.15) is 0 Å². The van der Waals surface area contributed by atoms with Gasteiger partial charge in [0.15, 0.2) is 5.96 Å². The Morgan fingerprint density at radius 1 is 1.35 bits per heavy atom. The molecule has 146 valence electrons. The van der Waals surface area contributed by atoms with Gasteiger partial charge in [-0.3, -0.25) is 9.89 Å². The standard InChI is InChI=1S/C19H31ClN4O2/c1-4-21-19(23-15(2)14-25-3)22-13-18(24-9-11-26-12-10-24)16-7-5-6-8-17(16)20/h5-8,15,18H,4,9-14H2,1-3H3,(H2,21,22,23). The van der Waals surface area contributed by atoms with Crippen LogP contribution in [0.3, 0.4) is 0 Å². The van der Waals surface area contributed by atoms with Crippen LogP contribution in [0.25, 0.3) is 0 Å². The molecule has 1 fully saturated rings. The highest BCUT2D eigenvalue weighted by Gasteiger charge is 2.24. The maximum Gasteiger partial charge on any atom is 0.191 e. The minimum atomic E-state index is 0.126. The van der Waals surface area contributed by atoms with E-state index >= 15 is 0 Å².